The topological polar surface area (TPSA) is 87.8 Å². The van der Waals surface area contributed by atoms with Crippen molar-refractivity contribution in [2.45, 2.75) is 5.16 Å². The molecule has 1 heterocycles. The van der Waals surface area contributed by atoms with Gasteiger partial charge in [-0.3, -0.25) is 14.2 Å². The highest BCUT2D eigenvalue weighted by Gasteiger charge is 2.17. The minimum Gasteiger partial charge on any atom is -0.325 e. The van der Waals surface area contributed by atoms with Gasteiger partial charge in [-0.2, -0.15) is 5.26 Å². The van der Waals surface area contributed by atoms with E-state index in [1.807, 2.05) is 6.07 Å². The highest BCUT2D eigenvalue weighted by molar-refractivity contribution is 7.99. The second-order valence-electron chi connectivity index (χ2n) is 6.53. The number of thioether (sulfide) groups is 1. The molecule has 0 saturated heterocycles. The van der Waals surface area contributed by atoms with Gasteiger partial charge in [0.15, 0.2) is 5.16 Å². The Morgan fingerprint density at radius 1 is 1.10 bits per heavy atom. The molecule has 6 nitrogen and oxygen atoms in total. The number of rotatable bonds is 5. The first-order chi connectivity index (χ1) is 15.1. The van der Waals surface area contributed by atoms with Crippen LogP contribution in [0.15, 0.2) is 82.7 Å². The maximum Gasteiger partial charge on any atom is 0.266 e. The van der Waals surface area contributed by atoms with E-state index in [1.54, 1.807) is 54.6 Å². The molecule has 0 aliphatic carbocycles. The molecule has 0 bridgehead atoms. The predicted octanol–water partition coefficient (Wildman–Crippen LogP) is 4.13. The molecule has 4 rings (SSSR count). The van der Waals surface area contributed by atoms with Crippen LogP contribution in [0.2, 0.25) is 0 Å². The lowest BCUT2D eigenvalue weighted by Gasteiger charge is -2.14. The number of fused-ring (bicyclic) bond motifs is 1. The zero-order valence-corrected chi connectivity index (χ0v) is 16.9. The third kappa shape index (κ3) is 4.32. The van der Waals surface area contributed by atoms with Crippen molar-refractivity contribution in [3.8, 4) is 11.8 Å². The van der Waals surface area contributed by atoms with E-state index in [1.165, 1.54) is 22.8 Å². The zero-order valence-electron chi connectivity index (χ0n) is 16.1. The average molecular weight is 430 g/mol. The molecule has 4 aromatic rings. The lowest BCUT2D eigenvalue weighted by Crippen LogP contribution is -2.23. The molecule has 0 aliphatic heterocycles. The van der Waals surface area contributed by atoms with E-state index in [0.717, 1.165) is 11.8 Å². The van der Waals surface area contributed by atoms with Crippen LogP contribution in [0, 0.1) is 17.1 Å². The summed E-state index contributed by atoms with van der Waals surface area (Å²) in [6.07, 6.45) is 0. The largest absolute Gasteiger partial charge is 0.325 e. The van der Waals surface area contributed by atoms with Gasteiger partial charge in [0, 0.05) is 5.69 Å². The first-order valence-electron chi connectivity index (χ1n) is 9.26. The fourth-order valence-electron chi connectivity index (χ4n) is 3.05. The number of benzene rings is 3. The van der Waals surface area contributed by atoms with E-state index in [-0.39, 0.29) is 22.5 Å². The average Bonchev–Trinajstić information content (AvgIpc) is 2.79. The molecule has 1 amide bonds. The summed E-state index contributed by atoms with van der Waals surface area (Å²) in [5.74, 6) is -0.973. The monoisotopic (exact) mass is 430 g/mol. The van der Waals surface area contributed by atoms with Crippen molar-refractivity contribution < 1.29 is 9.18 Å². The number of hydrogen-bond donors (Lipinski definition) is 1. The van der Waals surface area contributed by atoms with Crippen LogP contribution < -0.4 is 10.9 Å². The second-order valence-corrected chi connectivity index (χ2v) is 7.48. The van der Waals surface area contributed by atoms with E-state index in [9.17, 15) is 14.0 Å². The van der Waals surface area contributed by atoms with Crippen LogP contribution >= 0.6 is 11.8 Å². The van der Waals surface area contributed by atoms with Crippen LogP contribution in [0.1, 0.15) is 5.56 Å². The third-order valence-electron chi connectivity index (χ3n) is 4.45. The molecule has 0 radical (unpaired) electrons. The normalized spacial score (nSPS) is 10.6. The van der Waals surface area contributed by atoms with Gasteiger partial charge < -0.3 is 5.32 Å². The van der Waals surface area contributed by atoms with Crippen LogP contribution in [0.4, 0.5) is 10.1 Å². The van der Waals surface area contributed by atoms with E-state index in [4.69, 9.17) is 5.26 Å². The number of para-hydroxylation sites is 2. The number of nitrogens with zero attached hydrogens (tertiary/aromatic N) is 3. The zero-order chi connectivity index (χ0) is 21.8. The fraction of sp³-hybridized carbons (Fsp3) is 0.0435. The summed E-state index contributed by atoms with van der Waals surface area (Å²) in [5.41, 5.74) is 1.03. The van der Waals surface area contributed by atoms with Crippen molar-refractivity contribution >= 4 is 34.3 Å². The van der Waals surface area contributed by atoms with E-state index in [2.05, 4.69) is 10.3 Å². The molecule has 31 heavy (non-hydrogen) atoms. The SMILES string of the molecule is N#Cc1cccc(NC(=O)CSc2nc3ccccc3c(=O)n2-c2ccccc2F)c1. The lowest BCUT2D eigenvalue weighted by molar-refractivity contribution is -0.113. The van der Waals surface area contributed by atoms with Crippen molar-refractivity contribution in [3.63, 3.8) is 0 Å². The van der Waals surface area contributed by atoms with Crippen molar-refractivity contribution in [2.24, 2.45) is 0 Å². The molecule has 3 aromatic carbocycles. The van der Waals surface area contributed by atoms with Gasteiger partial charge in [0.05, 0.1) is 34.0 Å². The van der Waals surface area contributed by atoms with Gasteiger partial charge in [-0.15, -0.1) is 0 Å². The number of nitrogens with one attached hydrogen (secondary N) is 1. The first kappa shape index (κ1) is 20.3. The molecule has 0 fully saturated rings. The first-order valence-corrected chi connectivity index (χ1v) is 10.2. The summed E-state index contributed by atoms with van der Waals surface area (Å²) < 4.78 is 15.7. The Morgan fingerprint density at radius 2 is 1.87 bits per heavy atom. The molecule has 0 aliphatic rings. The van der Waals surface area contributed by atoms with Crippen LogP contribution in [-0.4, -0.2) is 21.2 Å². The van der Waals surface area contributed by atoms with E-state index in [0.29, 0.717) is 22.2 Å². The lowest BCUT2D eigenvalue weighted by atomic mass is 10.2. The summed E-state index contributed by atoms with van der Waals surface area (Å²) in [6.45, 7) is 0. The standard InChI is InChI=1S/C23H15FN4O2S/c24-18-9-2-4-11-20(18)28-22(30)17-8-1-3-10-19(17)27-23(28)31-14-21(29)26-16-7-5-6-15(12-16)13-25/h1-12H,14H2,(H,26,29). The number of hydrogen-bond acceptors (Lipinski definition) is 5. The van der Waals surface area contributed by atoms with Gasteiger partial charge in [0.25, 0.3) is 5.56 Å². The summed E-state index contributed by atoms with van der Waals surface area (Å²) in [6, 6.07) is 21.3. The Hall–Kier alpha value is -3.96. The maximum atomic E-state index is 14.5. The van der Waals surface area contributed by atoms with E-state index >= 15 is 0 Å². The van der Waals surface area contributed by atoms with Crippen molar-refractivity contribution in [1.29, 1.82) is 5.26 Å². The minimum atomic E-state index is -0.568. The highest BCUT2D eigenvalue weighted by atomic mass is 32.2. The molecule has 0 spiro atoms. The Morgan fingerprint density at radius 3 is 2.68 bits per heavy atom. The molecule has 1 N–H and O–H groups in total. The van der Waals surface area contributed by atoms with Gasteiger partial charge in [0.1, 0.15) is 5.82 Å². The number of aromatic nitrogens is 2. The third-order valence-corrected chi connectivity index (χ3v) is 5.38. The Kier molecular flexibility index (Phi) is 5.78. The Balaban J connectivity index is 1.67. The summed E-state index contributed by atoms with van der Waals surface area (Å²) >= 11 is 1.03. The van der Waals surface area contributed by atoms with Crippen molar-refractivity contribution in [3.05, 3.63) is 94.5 Å². The summed E-state index contributed by atoms with van der Waals surface area (Å²) in [5, 5.41) is 12.3. The Bertz CT molecular complexity index is 1390. The second kappa shape index (κ2) is 8.81. The van der Waals surface area contributed by atoms with Crippen LogP contribution in [-0.2, 0) is 4.79 Å². The summed E-state index contributed by atoms with van der Waals surface area (Å²) in [7, 11) is 0. The smallest absolute Gasteiger partial charge is 0.266 e. The van der Waals surface area contributed by atoms with Crippen LogP contribution in [0.3, 0.4) is 0 Å². The van der Waals surface area contributed by atoms with Crippen molar-refractivity contribution in [2.75, 3.05) is 11.1 Å². The van der Waals surface area contributed by atoms with Gasteiger partial charge in [-0.05, 0) is 42.5 Å². The van der Waals surface area contributed by atoms with Gasteiger partial charge in [-0.1, -0.05) is 42.1 Å². The van der Waals surface area contributed by atoms with Gasteiger partial charge in [0.2, 0.25) is 5.91 Å². The number of carbonyl (C=O) groups excluding carboxylic acids is 1. The molecular formula is C23H15FN4O2S. The number of anilines is 1. The highest BCUT2D eigenvalue weighted by Crippen LogP contribution is 2.23. The van der Waals surface area contributed by atoms with Gasteiger partial charge in [-0.25, -0.2) is 9.37 Å². The number of carbonyl (C=O) groups is 1. The van der Waals surface area contributed by atoms with Gasteiger partial charge >= 0.3 is 0 Å². The molecule has 0 atom stereocenters. The minimum absolute atomic E-state index is 0.0595. The number of nitriles is 1. The maximum absolute atomic E-state index is 14.5. The van der Waals surface area contributed by atoms with Crippen LogP contribution in [0.25, 0.3) is 16.6 Å². The van der Waals surface area contributed by atoms with E-state index < -0.39 is 11.4 Å². The Labute approximate surface area is 181 Å². The number of amides is 1. The molecule has 152 valence electrons. The summed E-state index contributed by atoms with van der Waals surface area (Å²) in [4.78, 5) is 30.1. The van der Waals surface area contributed by atoms with Crippen LogP contribution in [0.5, 0.6) is 0 Å². The predicted molar refractivity (Wildman–Crippen MR) is 118 cm³/mol. The molecule has 0 saturated carbocycles. The van der Waals surface area contributed by atoms with Crippen molar-refractivity contribution in [1.82, 2.24) is 9.55 Å². The molecule has 1 aromatic heterocycles. The molecule has 0 unspecified atom stereocenters. The quantitative estimate of drug-likeness (QED) is 0.380. The fourth-order valence-corrected chi connectivity index (χ4v) is 3.85. The molecule has 8 heteroatoms. The molecular weight excluding hydrogens is 415 g/mol. The number of halogens is 1.